The number of hydrogen-bond donors (Lipinski definition) is 2. The van der Waals surface area contributed by atoms with E-state index in [1.165, 1.54) is 5.56 Å². The number of urea groups is 1. The number of nitrogens with one attached hydrogen (secondary N) is 2. The van der Waals surface area contributed by atoms with Crippen LogP contribution in [0.2, 0.25) is 0 Å². The Morgan fingerprint density at radius 3 is 2.54 bits per heavy atom. The fraction of sp³-hybridized carbons (Fsp3) is 0.316. The van der Waals surface area contributed by atoms with Crippen LogP contribution in [0.1, 0.15) is 11.1 Å². The lowest BCUT2D eigenvalue weighted by molar-refractivity contribution is 0.237. The van der Waals surface area contributed by atoms with Crippen molar-refractivity contribution in [3.8, 4) is 5.75 Å². The van der Waals surface area contributed by atoms with E-state index in [1.54, 1.807) is 7.11 Å². The van der Waals surface area contributed by atoms with E-state index in [2.05, 4.69) is 27.7 Å². The average Bonchev–Trinajstić information content (AvgIpc) is 2.61. The van der Waals surface area contributed by atoms with Crippen LogP contribution in [0.3, 0.4) is 0 Å². The van der Waals surface area contributed by atoms with Gasteiger partial charge in [-0.1, -0.05) is 42.5 Å². The van der Waals surface area contributed by atoms with Gasteiger partial charge in [0.05, 0.1) is 7.11 Å². The second-order valence-electron chi connectivity index (χ2n) is 5.68. The molecule has 0 saturated carbocycles. The lowest BCUT2D eigenvalue weighted by Gasteiger charge is -2.17. The van der Waals surface area contributed by atoms with Crippen molar-refractivity contribution in [1.29, 1.82) is 0 Å². The van der Waals surface area contributed by atoms with Crippen LogP contribution in [-0.4, -0.2) is 38.2 Å². The standard InChI is InChI=1S/C19H25N3O2/c1-22(15-16-7-4-3-5-8-16)12-11-20-19(23)21-14-17-9-6-10-18(13-17)24-2/h3-10,13H,11-12,14-15H2,1-2H3,(H2,20,21,23). The molecule has 24 heavy (non-hydrogen) atoms. The molecule has 0 radical (unpaired) electrons. The molecular weight excluding hydrogens is 302 g/mol. The van der Waals surface area contributed by atoms with Gasteiger partial charge in [0.25, 0.3) is 0 Å². The van der Waals surface area contributed by atoms with Gasteiger partial charge < -0.3 is 20.3 Å². The first kappa shape index (κ1) is 17.8. The highest BCUT2D eigenvalue weighted by Gasteiger charge is 2.03. The molecule has 0 unspecified atom stereocenters. The number of benzene rings is 2. The van der Waals surface area contributed by atoms with Gasteiger partial charge in [-0.2, -0.15) is 0 Å². The van der Waals surface area contributed by atoms with Crippen LogP contribution in [0.15, 0.2) is 54.6 Å². The first-order chi connectivity index (χ1) is 11.7. The molecule has 0 aliphatic carbocycles. The van der Waals surface area contributed by atoms with E-state index >= 15 is 0 Å². The topological polar surface area (TPSA) is 53.6 Å². The zero-order valence-electron chi connectivity index (χ0n) is 14.3. The predicted octanol–water partition coefficient (Wildman–Crippen LogP) is 2.63. The minimum Gasteiger partial charge on any atom is -0.497 e. The van der Waals surface area contributed by atoms with E-state index < -0.39 is 0 Å². The van der Waals surface area contributed by atoms with E-state index in [-0.39, 0.29) is 6.03 Å². The molecule has 2 aromatic rings. The summed E-state index contributed by atoms with van der Waals surface area (Å²) in [6, 6.07) is 17.8. The van der Waals surface area contributed by atoms with Crippen molar-refractivity contribution in [3.63, 3.8) is 0 Å². The molecule has 128 valence electrons. The predicted molar refractivity (Wildman–Crippen MR) is 96.0 cm³/mol. The average molecular weight is 327 g/mol. The summed E-state index contributed by atoms with van der Waals surface area (Å²) in [7, 11) is 3.67. The number of carbonyl (C=O) groups excluding carboxylic acids is 1. The molecule has 0 heterocycles. The molecule has 2 rings (SSSR count). The molecule has 2 N–H and O–H groups in total. The van der Waals surface area contributed by atoms with Crippen molar-refractivity contribution in [2.24, 2.45) is 0 Å². The number of likely N-dealkylation sites (N-methyl/N-ethyl adjacent to an activating group) is 1. The number of ether oxygens (including phenoxy) is 1. The number of nitrogens with zero attached hydrogens (tertiary/aromatic N) is 1. The molecule has 0 atom stereocenters. The maximum Gasteiger partial charge on any atom is 0.315 e. The summed E-state index contributed by atoms with van der Waals surface area (Å²) in [4.78, 5) is 14.0. The smallest absolute Gasteiger partial charge is 0.315 e. The van der Waals surface area contributed by atoms with Gasteiger partial charge in [0, 0.05) is 26.2 Å². The Bertz CT molecular complexity index is 632. The van der Waals surface area contributed by atoms with Gasteiger partial charge in [0.15, 0.2) is 0 Å². The zero-order chi connectivity index (χ0) is 17.2. The van der Waals surface area contributed by atoms with Gasteiger partial charge in [-0.05, 0) is 30.3 Å². The molecule has 2 aromatic carbocycles. The Balaban J connectivity index is 1.64. The van der Waals surface area contributed by atoms with E-state index in [0.717, 1.165) is 24.4 Å². The lowest BCUT2D eigenvalue weighted by atomic mass is 10.2. The first-order valence-electron chi connectivity index (χ1n) is 8.04. The van der Waals surface area contributed by atoms with Crippen molar-refractivity contribution < 1.29 is 9.53 Å². The maximum atomic E-state index is 11.8. The van der Waals surface area contributed by atoms with Crippen LogP contribution in [0.5, 0.6) is 5.75 Å². The molecule has 0 saturated heterocycles. The van der Waals surface area contributed by atoms with E-state index in [4.69, 9.17) is 4.74 Å². The summed E-state index contributed by atoms with van der Waals surface area (Å²) in [6.45, 7) is 2.74. The summed E-state index contributed by atoms with van der Waals surface area (Å²) in [5.74, 6) is 0.789. The minimum atomic E-state index is -0.161. The molecule has 5 nitrogen and oxygen atoms in total. The number of hydrogen-bond acceptors (Lipinski definition) is 3. The molecule has 0 aliphatic rings. The molecule has 0 bridgehead atoms. The van der Waals surface area contributed by atoms with Gasteiger partial charge >= 0.3 is 6.03 Å². The van der Waals surface area contributed by atoms with Crippen molar-refractivity contribution in [1.82, 2.24) is 15.5 Å². The SMILES string of the molecule is COc1cccc(CNC(=O)NCCN(C)Cc2ccccc2)c1. The molecular formula is C19H25N3O2. The number of rotatable bonds is 8. The Kier molecular flexibility index (Phi) is 7.11. The Morgan fingerprint density at radius 2 is 1.79 bits per heavy atom. The Morgan fingerprint density at radius 1 is 1.04 bits per heavy atom. The third-order valence-electron chi connectivity index (χ3n) is 3.66. The minimum absolute atomic E-state index is 0.161. The van der Waals surface area contributed by atoms with Gasteiger partial charge in [0.1, 0.15) is 5.75 Å². The van der Waals surface area contributed by atoms with Crippen LogP contribution in [0, 0.1) is 0 Å². The number of carbonyl (C=O) groups is 1. The summed E-state index contributed by atoms with van der Waals surface area (Å²) < 4.78 is 5.17. The Labute approximate surface area is 143 Å². The largest absolute Gasteiger partial charge is 0.497 e. The van der Waals surface area contributed by atoms with Crippen molar-refractivity contribution in [2.75, 3.05) is 27.2 Å². The second kappa shape index (κ2) is 9.57. The number of amides is 2. The highest BCUT2D eigenvalue weighted by atomic mass is 16.5. The molecule has 0 aromatic heterocycles. The van der Waals surface area contributed by atoms with Crippen molar-refractivity contribution >= 4 is 6.03 Å². The van der Waals surface area contributed by atoms with Gasteiger partial charge in [0.2, 0.25) is 0 Å². The van der Waals surface area contributed by atoms with Gasteiger partial charge in [-0.15, -0.1) is 0 Å². The lowest BCUT2D eigenvalue weighted by Crippen LogP contribution is -2.39. The molecule has 2 amide bonds. The second-order valence-corrected chi connectivity index (χ2v) is 5.68. The van der Waals surface area contributed by atoms with Gasteiger partial charge in [-0.3, -0.25) is 0 Å². The highest BCUT2D eigenvalue weighted by Crippen LogP contribution is 2.11. The summed E-state index contributed by atoms with van der Waals surface area (Å²) in [5, 5.41) is 5.72. The fourth-order valence-electron chi connectivity index (χ4n) is 2.36. The van der Waals surface area contributed by atoms with Crippen molar-refractivity contribution in [2.45, 2.75) is 13.1 Å². The quantitative estimate of drug-likeness (QED) is 0.784. The molecule has 0 spiro atoms. The normalized spacial score (nSPS) is 10.5. The zero-order valence-corrected chi connectivity index (χ0v) is 14.3. The number of methoxy groups -OCH3 is 1. The molecule has 0 fully saturated rings. The van der Waals surface area contributed by atoms with Crippen LogP contribution < -0.4 is 15.4 Å². The third-order valence-corrected chi connectivity index (χ3v) is 3.66. The van der Waals surface area contributed by atoms with Crippen molar-refractivity contribution in [3.05, 3.63) is 65.7 Å². The monoisotopic (exact) mass is 327 g/mol. The fourth-order valence-corrected chi connectivity index (χ4v) is 2.36. The first-order valence-corrected chi connectivity index (χ1v) is 8.04. The maximum absolute atomic E-state index is 11.8. The molecule has 5 heteroatoms. The summed E-state index contributed by atoms with van der Waals surface area (Å²) in [5.41, 5.74) is 2.27. The van der Waals surface area contributed by atoms with Crippen LogP contribution in [-0.2, 0) is 13.1 Å². The van der Waals surface area contributed by atoms with E-state index in [9.17, 15) is 4.79 Å². The van der Waals surface area contributed by atoms with Crippen LogP contribution in [0.4, 0.5) is 4.79 Å². The summed E-state index contributed by atoms with van der Waals surface area (Å²) in [6.07, 6.45) is 0. The third kappa shape index (κ3) is 6.30. The van der Waals surface area contributed by atoms with E-state index in [1.807, 2.05) is 49.5 Å². The highest BCUT2D eigenvalue weighted by molar-refractivity contribution is 5.73. The Hall–Kier alpha value is -2.53. The summed E-state index contributed by atoms with van der Waals surface area (Å²) >= 11 is 0. The van der Waals surface area contributed by atoms with Crippen LogP contribution in [0.25, 0.3) is 0 Å². The van der Waals surface area contributed by atoms with Crippen LogP contribution >= 0.6 is 0 Å². The van der Waals surface area contributed by atoms with E-state index in [0.29, 0.717) is 13.1 Å². The van der Waals surface area contributed by atoms with Gasteiger partial charge in [-0.25, -0.2) is 4.79 Å². The molecule has 0 aliphatic heterocycles.